The third-order valence-electron chi connectivity index (χ3n) is 7.09. The molecule has 40 heavy (non-hydrogen) atoms. The van der Waals surface area contributed by atoms with Crippen molar-refractivity contribution in [1.82, 2.24) is 26.3 Å². The Labute approximate surface area is 238 Å². The summed E-state index contributed by atoms with van der Waals surface area (Å²) in [5.41, 5.74) is 0.915. The van der Waals surface area contributed by atoms with Crippen molar-refractivity contribution in [2.45, 2.75) is 79.8 Å². The Bertz CT molecular complexity index is 950. The van der Waals surface area contributed by atoms with Gasteiger partial charge in [-0.2, -0.15) is 5.48 Å². The van der Waals surface area contributed by atoms with Gasteiger partial charge in [-0.25, -0.2) is 0 Å². The number of unbranched alkanes of at least 4 members (excludes halogenated alkanes) is 1. The van der Waals surface area contributed by atoms with E-state index in [2.05, 4.69) is 22.5 Å². The maximum Gasteiger partial charge on any atom is 0.289 e. The standard InChI is InChI=1S/C29H49N5O6/c1-9-11-13-20(24(36)26(38)30-15-10-2)33-25(37)21-14-12-16-34(21)27(39)23(29(6,7)8)19(28(3,4)5)17-31-22(35)18-32-40/h10,12,14,19-21,23,32,40H,2,9,11,13,15-18H2,1,3-8H3,(H,30,38)(H,31,35)(H,33,37)/t19-,20?,21-,23?/m0/s1. The molecule has 1 heterocycles. The molecule has 0 saturated heterocycles. The summed E-state index contributed by atoms with van der Waals surface area (Å²) in [7, 11) is 0. The van der Waals surface area contributed by atoms with E-state index in [1.165, 1.54) is 11.0 Å². The van der Waals surface area contributed by atoms with Gasteiger partial charge in [-0.15, -0.1) is 6.58 Å². The van der Waals surface area contributed by atoms with Crippen LogP contribution in [0.25, 0.3) is 0 Å². The van der Waals surface area contributed by atoms with Crippen LogP contribution in [0.4, 0.5) is 0 Å². The van der Waals surface area contributed by atoms with Crippen LogP contribution in [-0.4, -0.2) is 77.8 Å². The van der Waals surface area contributed by atoms with Crippen LogP contribution >= 0.6 is 0 Å². The molecule has 0 aromatic rings. The van der Waals surface area contributed by atoms with Gasteiger partial charge in [-0.3, -0.25) is 24.0 Å². The van der Waals surface area contributed by atoms with E-state index >= 15 is 0 Å². The lowest BCUT2D eigenvalue weighted by Gasteiger charge is -2.45. The second-order valence-corrected chi connectivity index (χ2v) is 12.4. The Morgan fingerprint density at radius 2 is 1.73 bits per heavy atom. The number of nitrogens with one attached hydrogen (secondary N) is 4. The third kappa shape index (κ3) is 10.2. The van der Waals surface area contributed by atoms with E-state index < -0.39 is 52.3 Å². The summed E-state index contributed by atoms with van der Waals surface area (Å²) < 4.78 is 0. The molecule has 1 rings (SSSR count). The second-order valence-electron chi connectivity index (χ2n) is 12.4. The molecule has 0 spiro atoms. The SMILES string of the molecule is C=CCNC(=O)C(=O)C(CCCC)NC(=O)[C@@H]1C=CCN1C(=O)C([C@H](CNC(=O)CNO)C(C)(C)C)C(C)(C)C. The Hall–Kier alpha value is -3.05. The van der Waals surface area contributed by atoms with Crippen LogP contribution in [0.3, 0.4) is 0 Å². The monoisotopic (exact) mass is 563 g/mol. The summed E-state index contributed by atoms with van der Waals surface area (Å²) in [5.74, 6) is -3.60. The van der Waals surface area contributed by atoms with E-state index in [4.69, 9.17) is 5.21 Å². The number of hydrogen-bond acceptors (Lipinski definition) is 7. The van der Waals surface area contributed by atoms with Crippen LogP contribution in [0.5, 0.6) is 0 Å². The molecule has 1 aliphatic rings. The summed E-state index contributed by atoms with van der Waals surface area (Å²) >= 11 is 0. The van der Waals surface area contributed by atoms with Gasteiger partial charge in [0.25, 0.3) is 5.91 Å². The normalized spacial score (nSPS) is 17.5. The van der Waals surface area contributed by atoms with Crippen molar-refractivity contribution in [3.8, 4) is 0 Å². The highest BCUT2D eigenvalue weighted by Crippen LogP contribution is 2.42. The first-order valence-corrected chi connectivity index (χ1v) is 13.9. The van der Waals surface area contributed by atoms with E-state index in [-0.39, 0.29) is 38.0 Å². The summed E-state index contributed by atoms with van der Waals surface area (Å²) in [6.45, 7) is 17.6. The highest BCUT2D eigenvalue weighted by Gasteiger charge is 2.47. The number of carbonyl (C=O) groups excluding carboxylic acids is 5. The average molecular weight is 564 g/mol. The number of rotatable bonds is 15. The van der Waals surface area contributed by atoms with Crippen LogP contribution in [0.1, 0.15) is 67.7 Å². The van der Waals surface area contributed by atoms with Crippen molar-refractivity contribution in [3.05, 3.63) is 24.8 Å². The topological polar surface area (TPSA) is 157 Å². The number of carbonyl (C=O) groups is 5. The molecule has 0 saturated carbocycles. The van der Waals surface area contributed by atoms with Gasteiger partial charge in [-0.1, -0.05) is 79.5 Å². The third-order valence-corrected chi connectivity index (χ3v) is 7.09. The first-order chi connectivity index (χ1) is 18.6. The highest BCUT2D eigenvalue weighted by molar-refractivity contribution is 6.38. The molecule has 0 bridgehead atoms. The number of ketones is 1. The van der Waals surface area contributed by atoms with Crippen LogP contribution < -0.4 is 21.4 Å². The number of hydrogen-bond donors (Lipinski definition) is 5. The Morgan fingerprint density at radius 1 is 1.07 bits per heavy atom. The van der Waals surface area contributed by atoms with Crippen molar-refractivity contribution in [2.75, 3.05) is 26.2 Å². The fourth-order valence-electron chi connectivity index (χ4n) is 4.93. The molecule has 4 amide bonds. The zero-order valence-electron chi connectivity index (χ0n) is 25.1. The minimum Gasteiger partial charge on any atom is -0.355 e. The van der Waals surface area contributed by atoms with E-state index in [0.717, 1.165) is 6.42 Å². The predicted molar refractivity (Wildman–Crippen MR) is 153 cm³/mol. The molecule has 226 valence electrons. The molecule has 0 radical (unpaired) electrons. The average Bonchev–Trinajstić information content (AvgIpc) is 3.35. The van der Waals surface area contributed by atoms with Gasteiger partial charge in [-0.05, 0) is 23.2 Å². The van der Waals surface area contributed by atoms with Crippen LogP contribution in [0.15, 0.2) is 24.8 Å². The van der Waals surface area contributed by atoms with Gasteiger partial charge < -0.3 is 26.1 Å². The van der Waals surface area contributed by atoms with Gasteiger partial charge in [0.15, 0.2) is 0 Å². The first kappa shape index (κ1) is 35.0. The molecule has 11 heteroatoms. The molecular formula is C29H49N5O6. The zero-order valence-corrected chi connectivity index (χ0v) is 25.1. The molecule has 5 N–H and O–H groups in total. The molecule has 0 aliphatic carbocycles. The van der Waals surface area contributed by atoms with E-state index in [9.17, 15) is 24.0 Å². The second kappa shape index (κ2) is 15.7. The Balaban J connectivity index is 3.24. The van der Waals surface area contributed by atoms with Crippen LogP contribution in [-0.2, 0) is 24.0 Å². The number of hydroxylamine groups is 1. The van der Waals surface area contributed by atoms with Crippen molar-refractivity contribution >= 4 is 29.4 Å². The van der Waals surface area contributed by atoms with Crippen molar-refractivity contribution < 1.29 is 29.2 Å². The lowest BCUT2D eigenvalue weighted by Crippen LogP contribution is -2.57. The zero-order chi connectivity index (χ0) is 30.7. The quantitative estimate of drug-likeness (QED) is 0.115. The Kier molecular flexibility index (Phi) is 13.7. The summed E-state index contributed by atoms with van der Waals surface area (Å²) in [6.07, 6.45) is 6.53. The molecule has 0 aromatic carbocycles. The van der Waals surface area contributed by atoms with Crippen molar-refractivity contribution in [3.63, 3.8) is 0 Å². The summed E-state index contributed by atoms with van der Waals surface area (Å²) in [4.78, 5) is 66.4. The fourth-order valence-corrected chi connectivity index (χ4v) is 4.93. The molecule has 11 nitrogen and oxygen atoms in total. The number of amides is 4. The molecule has 0 fully saturated rings. The maximum absolute atomic E-state index is 14.2. The number of nitrogens with zero attached hydrogens (tertiary/aromatic N) is 1. The lowest BCUT2D eigenvalue weighted by atomic mass is 9.63. The highest BCUT2D eigenvalue weighted by atomic mass is 16.5. The fraction of sp³-hybridized carbons (Fsp3) is 0.690. The van der Waals surface area contributed by atoms with E-state index in [1.807, 2.05) is 53.9 Å². The molecule has 0 aromatic heterocycles. The molecule has 1 aliphatic heterocycles. The van der Waals surface area contributed by atoms with Crippen LogP contribution in [0, 0.1) is 22.7 Å². The minimum atomic E-state index is -1.01. The minimum absolute atomic E-state index is 0.132. The smallest absolute Gasteiger partial charge is 0.289 e. The van der Waals surface area contributed by atoms with Gasteiger partial charge in [0, 0.05) is 25.6 Å². The van der Waals surface area contributed by atoms with E-state index in [1.54, 1.807) is 12.2 Å². The van der Waals surface area contributed by atoms with Gasteiger partial charge in [0.2, 0.25) is 23.5 Å². The van der Waals surface area contributed by atoms with Gasteiger partial charge in [0.1, 0.15) is 6.04 Å². The summed E-state index contributed by atoms with van der Waals surface area (Å²) in [5, 5.41) is 16.8. The maximum atomic E-state index is 14.2. The van der Waals surface area contributed by atoms with Gasteiger partial charge >= 0.3 is 0 Å². The lowest BCUT2D eigenvalue weighted by molar-refractivity contribution is -0.148. The summed E-state index contributed by atoms with van der Waals surface area (Å²) in [6, 6.07) is -1.96. The Morgan fingerprint density at radius 3 is 2.25 bits per heavy atom. The predicted octanol–water partition coefficient (Wildman–Crippen LogP) is 1.72. The van der Waals surface area contributed by atoms with Crippen molar-refractivity contribution in [1.29, 1.82) is 0 Å². The van der Waals surface area contributed by atoms with Crippen molar-refractivity contribution in [2.24, 2.45) is 22.7 Å². The van der Waals surface area contributed by atoms with E-state index in [0.29, 0.717) is 12.8 Å². The molecule has 2 unspecified atom stereocenters. The van der Waals surface area contributed by atoms with Gasteiger partial charge in [0.05, 0.1) is 12.6 Å². The molecule has 4 atom stereocenters. The first-order valence-electron chi connectivity index (χ1n) is 13.9. The molecular weight excluding hydrogens is 514 g/mol. The van der Waals surface area contributed by atoms with Crippen LogP contribution in [0.2, 0.25) is 0 Å². The largest absolute Gasteiger partial charge is 0.355 e. The number of Topliss-reactive ketones (excluding diaryl/α,β-unsaturated/α-hetero) is 1.